The number of furan rings is 2. The monoisotopic (exact) mass is 443 g/mol. The number of hydrogen-bond acceptors (Lipinski definition) is 7. The van der Waals surface area contributed by atoms with Crippen LogP contribution in [-0.2, 0) is 4.79 Å². The van der Waals surface area contributed by atoms with E-state index >= 15 is 0 Å². The summed E-state index contributed by atoms with van der Waals surface area (Å²) in [5.41, 5.74) is 1.56. The molecule has 1 atom stereocenters. The Labute approximate surface area is 179 Å². The average Bonchev–Trinajstić information content (AvgIpc) is 3.51. The van der Waals surface area contributed by atoms with Crippen molar-refractivity contribution in [2.24, 2.45) is 5.10 Å². The maximum Gasteiger partial charge on any atom is 0.253 e. The summed E-state index contributed by atoms with van der Waals surface area (Å²) < 4.78 is 12.9. The number of hydrogen-bond donors (Lipinski definition) is 0. The summed E-state index contributed by atoms with van der Waals surface area (Å²) in [6.07, 6.45) is 3.74. The SMILES string of the molecule is O=C(CSc1nc2cc(Cl)ccc2s1)N1N=C(c2ccco2)CC1c1ccco1. The van der Waals surface area contributed by atoms with Gasteiger partial charge in [-0.3, -0.25) is 4.79 Å². The minimum atomic E-state index is -0.285. The van der Waals surface area contributed by atoms with Gasteiger partial charge in [0.05, 0.1) is 28.5 Å². The topological polar surface area (TPSA) is 71.8 Å². The van der Waals surface area contributed by atoms with Crippen LogP contribution in [-0.4, -0.2) is 27.4 Å². The molecule has 0 fully saturated rings. The van der Waals surface area contributed by atoms with Gasteiger partial charge in [0.15, 0.2) is 4.34 Å². The molecule has 4 aromatic rings. The minimum Gasteiger partial charge on any atom is -0.467 e. The van der Waals surface area contributed by atoms with Crippen LogP contribution in [0.3, 0.4) is 0 Å². The molecule has 3 aromatic heterocycles. The molecule has 1 aromatic carbocycles. The highest BCUT2D eigenvalue weighted by atomic mass is 35.5. The van der Waals surface area contributed by atoms with Crippen molar-refractivity contribution in [2.75, 3.05) is 5.75 Å². The van der Waals surface area contributed by atoms with E-state index in [2.05, 4.69) is 10.1 Å². The molecule has 1 unspecified atom stereocenters. The number of carbonyl (C=O) groups excluding carboxylic acids is 1. The van der Waals surface area contributed by atoms with Gasteiger partial charge in [-0.15, -0.1) is 11.3 Å². The third kappa shape index (κ3) is 3.71. The molecule has 1 aliphatic rings. The fraction of sp³-hybridized carbons (Fsp3) is 0.150. The second-order valence-electron chi connectivity index (χ2n) is 6.38. The Balaban J connectivity index is 1.35. The van der Waals surface area contributed by atoms with E-state index in [1.54, 1.807) is 29.9 Å². The van der Waals surface area contributed by atoms with Crippen LogP contribution in [0, 0.1) is 0 Å². The molecule has 0 saturated carbocycles. The van der Waals surface area contributed by atoms with Gasteiger partial charge >= 0.3 is 0 Å². The van der Waals surface area contributed by atoms with Gasteiger partial charge in [-0.2, -0.15) is 5.10 Å². The first-order chi connectivity index (χ1) is 14.2. The maximum atomic E-state index is 13.0. The Kier molecular flexibility index (Phi) is 4.91. The first-order valence-corrected chi connectivity index (χ1v) is 11.0. The number of aromatic nitrogens is 1. The van der Waals surface area contributed by atoms with Gasteiger partial charge in [0.1, 0.15) is 23.3 Å². The predicted octanol–water partition coefficient (Wildman–Crippen LogP) is 5.61. The third-order valence-corrected chi connectivity index (χ3v) is 6.89. The van der Waals surface area contributed by atoms with E-state index in [1.807, 2.05) is 36.4 Å². The van der Waals surface area contributed by atoms with Gasteiger partial charge in [-0.25, -0.2) is 9.99 Å². The van der Waals surface area contributed by atoms with Crippen LogP contribution in [0.1, 0.15) is 24.0 Å². The summed E-state index contributed by atoms with van der Waals surface area (Å²) in [7, 11) is 0. The fourth-order valence-electron chi connectivity index (χ4n) is 3.17. The lowest BCUT2D eigenvalue weighted by Crippen LogP contribution is -2.28. The van der Waals surface area contributed by atoms with E-state index in [4.69, 9.17) is 20.4 Å². The normalized spacial score (nSPS) is 16.5. The first-order valence-electron chi connectivity index (χ1n) is 8.83. The van der Waals surface area contributed by atoms with Crippen molar-refractivity contribution in [3.63, 3.8) is 0 Å². The number of fused-ring (bicyclic) bond motifs is 1. The van der Waals surface area contributed by atoms with Crippen molar-refractivity contribution in [1.82, 2.24) is 9.99 Å². The molecule has 0 radical (unpaired) electrons. The van der Waals surface area contributed by atoms with Crippen molar-refractivity contribution in [1.29, 1.82) is 0 Å². The van der Waals surface area contributed by atoms with Crippen molar-refractivity contribution in [2.45, 2.75) is 16.8 Å². The Hall–Kier alpha value is -2.55. The Bertz CT molecular complexity index is 1190. The lowest BCUT2D eigenvalue weighted by Gasteiger charge is -2.19. The van der Waals surface area contributed by atoms with E-state index < -0.39 is 0 Å². The molecule has 0 aliphatic carbocycles. The van der Waals surface area contributed by atoms with Gasteiger partial charge in [0.25, 0.3) is 5.91 Å². The van der Waals surface area contributed by atoms with Gasteiger partial charge in [-0.1, -0.05) is 23.4 Å². The highest BCUT2D eigenvalue weighted by Crippen LogP contribution is 2.35. The molecular formula is C20H14ClN3O3S2. The van der Waals surface area contributed by atoms with Crippen LogP contribution in [0.15, 0.2) is 73.3 Å². The van der Waals surface area contributed by atoms with Crippen LogP contribution < -0.4 is 0 Å². The van der Waals surface area contributed by atoms with E-state index in [0.29, 0.717) is 23.0 Å². The molecule has 0 N–H and O–H groups in total. The van der Waals surface area contributed by atoms with Crippen LogP contribution in [0.25, 0.3) is 10.2 Å². The quantitative estimate of drug-likeness (QED) is 0.375. The summed E-state index contributed by atoms with van der Waals surface area (Å²) in [6.45, 7) is 0. The summed E-state index contributed by atoms with van der Waals surface area (Å²) in [5, 5.41) is 6.67. The van der Waals surface area contributed by atoms with Crippen LogP contribution in [0.2, 0.25) is 5.02 Å². The van der Waals surface area contributed by atoms with Gasteiger partial charge in [-0.05, 0) is 42.5 Å². The Morgan fingerprint density at radius 2 is 2.10 bits per heavy atom. The molecule has 0 bridgehead atoms. The molecular weight excluding hydrogens is 430 g/mol. The van der Waals surface area contributed by atoms with Crippen molar-refractivity contribution in [3.8, 4) is 0 Å². The molecule has 6 nitrogen and oxygen atoms in total. The number of rotatable bonds is 5. The van der Waals surface area contributed by atoms with Crippen LogP contribution in [0.4, 0.5) is 0 Å². The number of thiazole rings is 1. The van der Waals surface area contributed by atoms with E-state index in [1.165, 1.54) is 16.8 Å². The molecule has 9 heteroatoms. The highest BCUT2D eigenvalue weighted by molar-refractivity contribution is 8.01. The second kappa shape index (κ2) is 7.70. The van der Waals surface area contributed by atoms with Crippen molar-refractivity contribution >= 4 is 56.5 Å². The third-order valence-electron chi connectivity index (χ3n) is 4.49. The average molecular weight is 444 g/mol. The van der Waals surface area contributed by atoms with Crippen LogP contribution >= 0.6 is 34.7 Å². The van der Waals surface area contributed by atoms with Crippen molar-refractivity contribution in [3.05, 3.63) is 71.5 Å². The molecule has 1 amide bonds. The smallest absolute Gasteiger partial charge is 0.253 e. The Morgan fingerprint density at radius 1 is 1.24 bits per heavy atom. The zero-order valence-corrected chi connectivity index (χ0v) is 17.3. The molecule has 4 heterocycles. The Morgan fingerprint density at radius 3 is 2.90 bits per heavy atom. The summed E-state index contributed by atoms with van der Waals surface area (Å²) in [6, 6.07) is 12.6. The molecule has 1 aliphatic heterocycles. The molecule has 146 valence electrons. The number of thioether (sulfide) groups is 1. The number of carbonyl (C=O) groups is 1. The largest absolute Gasteiger partial charge is 0.467 e. The molecule has 5 rings (SSSR count). The van der Waals surface area contributed by atoms with E-state index in [-0.39, 0.29) is 17.7 Å². The highest BCUT2D eigenvalue weighted by Gasteiger charge is 2.35. The molecule has 0 saturated heterocycles. The number of benzene rings is 1. The number of amides is 1. The fourth-order valence-corrected chi connectivity index (χ4v) is 5.23. The summed E-state index contributed by atoms with van der Waals surface area (Å²) in [4.78, 5) is 17.5. The van der Waals surface area contributed by atoms with Crippen LogP contribution in [0.5, 0.6) is 0 Å². The number of hydrazone groups is 1. The van der Waals surface area contributed by atoms with Gasteiger partial charge in [0.2, 0.25) is 0 Å². The lowest BCUT2D eigenvalue weighted by molar-refractivity contribution is -0.130. The number of nitrogens with zero attached hydrogens (tertiary/aromatic N) is 3. The zero-order valence-electron chi connectivity index (χ0n) is 14.9. The number of halogens is 1. The minimum absolute atomic E-state index is 0.116. The second-order valence-corrected chi connectivity index (χ2v) is 9.07. The molecule has 0 spiro atoms. The lowest BCUT2D eigenvalue weighted by atomic mass is 10.1. The van der Waals surface area contributed by atoms with Gasteiger partial charge in [0, 0.05) is 11.4 Å². The predicted molar refractivity (Wildman–Crippen MR) is 114 cm³/mol. The molecule has 29 heavy (non-hydrogen) atoms. The first kappa shape index (κ1) is 18.5. The van der Waals surface area contributed by atoms with Gasteiger partial charge < -0.3 is 8.83 Å². The maximum absolute atomic E-state index is 13.0. The zero-order chi connectivity index (χ0) is 19.8. The van der Waals surface area contributed by atoms with Crippen molar-refractivity contribution < 1.29 is 13.6 Å². The summed E-state index contributed by atoms with van der Waals surface area (Å²) >= 11 is 8.96. The van der Waals surface area contributed by atoms with E-state index in [0.717, 1.165) is 20.3 Å². The van der Waals surface area contributed by atoms with E-state index in [9.17, 15) is 4.79 Å². The standard InChI is InChI=1S/C20H14ClN3O3S2/c21-12-5-6-18-14(9-12)22-20(29-18)28-11-19(25)24-15(17-4-2-8-27-17)10-13(23-24)16-3-1-7-26-16/h1-9,15H,10-11H2. The summed E-state index contributed by atoms with van der Waals surface area (Å²) in [5.74, 6) is 1.46.